The van der Waals surface area contributed by atoms with Gasteiger partial charge in [-0.1, -0.05) is 104 Å². The van der Waals surface area contributed by atoms with Crippen molar-refractivity contribution in [3.63, 3.8) is 0 Å². The quantitative estimate of drug-likeness (QED) is 0.512. The Morgan fingerprint density at radius 2 is 1.28 bits per heavy atom. The molecule has 2 nitrogen and oxygen atoms in total. The molecule has 0 spiro atoms. The highest BCUT2D eigenvalue weighted by Gasteiger charge is 2.53. The van der Waals surface area contributed by atoms with Crippen LogP contribution in [0.1, 0.15) is 42.4 Å². The molecule has 29 heavy (non-hydrogen) atoms. The van der Waals surface area contributed by atoms with Gasteiger partial charge in [0.25, 0.3) is 0 Å². The zero-order valence-electron chi connectivity index (χ0n) is 17.3. The summed E-state index contributed by atoms with van der Waals surface area (Å²) in [5.74, 6) is 0.692. The average Bonchev–Trinajstić information content (AvgIpc) is 3.59. The molecule has 4 rings (SSSR count). The van der Waals surface area contributed by atoms with E-state index in [1.807, 2.05) is 7.11 Å². The molecule has 1 aliphatic carbocycles. The lowest BCUT2D eigenvalue weighted by Gasteiger charge is -2.49. The van der Waals surface area contributed by atoms with Crippen LogP contribution in [0.2, 0.25) is 0 Å². The molecule has 1 fully saturated rings. The number of ether oxygens (including phenoxy) is 1. The Morgan fingerprint density at radius 3 is 1.72 bits per heavy atom. The molecule has 1 atom stereocenters. The first kappa shape index (κ1) is 19.9. The Hall–Kier alpha value is -2.42. The van der Waals surface area contributed by atoms with Gasteiger partial charge >= 0.3 is 0 Å². The second kappa shape index (κ2) is 8.52. The highest BCUT2D eigenvalue weighted by Crippen LogP contribution is 2.49. The average molecular weight is 386 g/mol. The van der Waals surface area contributed by atoms with Crippen LogP contribution in [0.5, 0.6) is 0 Å². The maximum Gasteiger partial charge on any atom is 0.136 e. The standard InChI is InChI=1S/C27H31NO/c1-29-27(24-13-7-3-8-14-24,25-15-9-4-10-16-25)26(28,21-23-17-18-23)20-19-22-11-5-2-6-12-22/h2-16,23H,17-21,28H2,1H3. The van der Waals surface area contributed by atoms with Gasteiger partial charge in [-0.15, -0.1) is 0 Å². The van der Waals surface area contributed by atoms with Gasteiger partial charge < -0.3 is 10.5 Å². The highest BCUT2D eigenvalue weighted by atomic mass is 16.5. The Kier molecular flexibility index (Phi) is 5.84. The molecule has 3 aromatic rings. The van der Waals surface area contributed by atoms with E-state index >= 15 is 0 Å². The minimum absolute atomic E-state index is 0.512. The van der Waals surface area contributed by atoms with Crippen LogP contribution < -0.4 is 5.73 Å². The van der Waals surface area contributed by atoms with Crippen molar-refractivity contribution >= 4 is 0 Å². The van der Waals surface area contributed by atoms with E-state index in [0.717, 1.165) is 30.4 Å². The van der Waals surface area contributed by atoms with E-state index in [1.54, 1.807) is 0 Å². The molecule has 0 amide bonds. The summed E-state index contributed by atoms with van der Waals surface area (Å²) in [5.41, 5.74) is 9.80. The van der Waals surface area contributed by atoms with Gasteiger partial charge in [-0.25, -0.2) is 0 Å². The van der Waals surface area contributed by atoms with Crippen LogP contribution in [0, 0.1) is 5.92 Å². The van der Waals surface area contributed by atoms with Crippen molar-refractivity contribution in [1.82, 2.24) is 0 Å². The van der Waals surface area contributed by atoms with Gasteiger partial charge in [-0.05, 0) is 41.9 Å². The fourth-order valence-electron chi connectivity index (χ4n) is 4.80. The highest BCUT2D eigenvalue weighted by molar-refractivity contribution is 5.42. The number of hydrogen-bond acceptors (Lipinski definition) is 2. The molecule has 1 aliphatic rings. The van der Waals surface area contributed by atoms with Crippen molar-refractivity contribution in [3.05, 3.63) is 108 Å². The first-order chi connectivity index (χ1) is 14.2. The summed E-state index contributed by atoms with van der Waals surface area (Å²) in [6.45, 7) is 0. The van der Waals surface area contributed by atoms with Crippen LogP contribution in [0.3, 0.4) is 0 Å². The number of aryl methyl sites for hydroxylation is 1. The van der Waals surface area contributed by atoms with Crippen molar-refractivity contribution in [2.24, 2.45) is 11.7 Å². The van der Waals surface area contributed by atoms with Crippen molar-refractivity contribution in [1.29, 1.82) is 0 Å². The summed E-state index contributed by atoms with van der Waals surface area (Å²) in [6, 6.07) is 31.7. The third-order valence-electron chi connectivity index (χ3n) is 6.42. The predicted octanol–water partition coefficient (Wildman–Crippen LogP) is 5.71. The summed E-state index contributed by atoms with van der Waals surface area (Å²) in [6.07, 6.45) is 5.32. The Morgan fingerprint density at radius 1 is 0.793 bits per heavy atom. The summed E-state index contributed by atoms with van der Waals surface area (Å²) >= 11 is 0. The zero-order chi connectivity index (χ0) is 20.2. The number of methoxy groups -OCH3 is 1. The van der Waals surface area contributed by atoms with Crippen LogP contribution in [-0.2, 0) is 16.8 Å². The molecule has 1 saturated carbocycles. The van der Waals surface area contributed by atoms with Crippen LogP contribution in [0.25, 0.3) is 0 Å². The first-order valence-electron chi connectivity index (χ1n) is 10.7. The van der Waals surface area contributed by atoms with E-state index in [2.05, 4.69) is 91.0 Å². The van der Waals surface area contributed by atoms with Crippen molar-refractivity contribution in [3.8, 4) is 0 Å². The molecule has 0 heterocycles. The van der Waals surface area contributed by atoms with Crippen LogP contribution in [-0.4, -0.2) is 12.6 Å². The molecule has 0 saturated heterocycles. The van der Waals surface area contributed by atoms with Gasteiger partial charge in [-0.2, -0.15) is 0 Å². The topological polar surface area (TPSA) is 35.2 Å². The third kappa shape index (κ3) is 4.01. The Balaban J connectivity index is 1.81. The molecule has 0 aromatic heterocycles. The van der Waals surface area contributed by atoms with Gasteiger partial charge in [-0.3, -0.25) is 0 Å². The van der Waals surface area contributed by atoms with Gasteiger partial charge in [0.2, 0.25) is 0 Å². The second-order valence-corrected chi connectivity index (χ2v) is 8.41. The lowest BCUT2D eigenvalue weighted by molar-refractivity contribution is -0.0539. The van der Waals surface area contributed by atoms with E-state index in [4.69, 9.17) is 10.5 Å². The molecule has 1 unspecified atom stereocenters. The maximum atomic E-state index is 7.42. The van der Waals surface area contributed by atoms with Crippen molar-refractivity contribution < 1.29 is 4.74 Å². The lowest BCUT2D eigenvalue weighted by atomic mass is 9.66. The molecule has 0 radical (unpaired) electrons. The van der Waals surface area contributed by atoms with E-state index < -0.39 is 11.1 Å². The molecule has 0 aliphatic heterocycles. The number of hydrogen-bond donors (Lipinski definition) is 1. The largest absolute Gasteiger partial charge is 0.367 e. The fraction of sp³-hybridized carbons (Fsp3) is 0.333. The first-order valence-corrected chi connectivity index (χ1v) is 10.7. The summed E-state index contributed by atoms with van der Waals surface area (Å²) < 4.78 is 6.47. The molecule has 0 bridgehead atoms. The third-order valence-corrected chi connectivity index (χ3v) is 6.42. The lowest BCUT2D eigenvalue weighted by Crippen LogP contribution is -2.60. The predicted molar refractivity (Wildman–Crippen MR) is 120 cm³/mol. The molecular weight excluding hydrogens is 354 g/mol. The van der Waals surface area contributed by atoms with Gasteiger partial charge in [0.1, 0.15) is 5.60 Å². The van der Waals surface area contributed by atoms with Crippen molar-refractivity contribution in [2.45, 2.75) is 43.2 Å². The second-order valence-electron chi connectivity index (χ2n) is 8.41. The monoisotopic (exact) mass is 385 g/mol. The minimum atomic E-state index is -0.688. The van der Waals surface area contributed by atoms with Gasteiger partial charge in [0.15, 0.2) is 0 Å². The molecular formula is C27H31NO. The van der Waals surface area contributed by atoms with Crippen LogP contribution in [0.15, 0.2) is 91.0 Å². The van der Waals surface area contributed by atoms with Crippen molar-refractivity contribution in [2.75, 3.05) is 7.11 Å². The molecule has 2 N–H and O–H groups in total. The molecule has 3 aromatic carbocycles. The molecule has 2 heteroatoms. The maximum absolute atomic E-state index is 7.42. The van der Waals surface area contributed by atoms with Crippen LogP contribution in [0.4, 0.5) is 0 Å². The number of rotatable bonds is 9. The normalized spacial score (nSPS) is 16.3. The zero-order valence-corrected chi connectivity index (χ0v) is 17.3. The van der Waals surface area contributed by atoms with E-state index in [1.165, 1.54) is 18.4 Å². The van der Waals surface area contributed by atoms with Gasteiger partial charge in [0, 0.05) is 7.11 Å². The van der Waals surface area contributed by atoms with E-state index in [-0.39, 0.29) is 0 Å². The summed E-state index contributed by atoms with van der Waals surface area (Å²) in [7, 11) is 1.82. The summed E-state index contributed by atoms with van der Waals surface area (Å²) in [4.78, 5) is 0. The van der Waals surface area contributed by atoms with Crippen LogP contribution >= 0.6 is 0 Å². The Labute approximate surface area is 174 Å². The molecule has 150 valence electrons. The number of nitrogens with two attached hydrogens (primary N) is 1. The van der Waals surface area contributed by atoms with E-state index in [0.29, 0.717) is 5.92 Å². The smallest absolute Gasteiger partial charge is 0.136 e. The Bertz CT molecular complexity index is 850. The SMILES string of the molecule is COC(c1ccccc1)(c1ccccc1)C(N)(CCc1ccccc1)CC1CC1. The van der Waals surface area contributed by atoms with E-state index in [9.17, 15) is 0 Å². The fourth-order valence-corrected chi connectivity index (χ4v) is 4.80. The van der Waals surface area contributed by atoms with Gasteiger partial charge in [0.05, 0.1) is 5.54 Å². The number of benzene rings is 3. The summed E-state index contributed by atoms with van der Waals surface area (Å²) in [5, 5.41) is 0. The minimum Gasteiger partial charge on any atom is -0.367 e.